The summed E-state index contributed by atoms with van der Waals surface area (Å²) >= 11 is 0. The minimum atomic E-state index is -0.282. The predicted octanol–water partition coefficient (Wildman–Crippen LogP) is 5.67. The fourth-order valence-electron chi connectivity index (χ4n) is 5.32. The fraction of sp³-hybridized carbons (Fsp3) is 0.448. The van der Waals surface area contributed by atoms with Crippen LogP contribution in [0.1, 0.15) is 72.6 Å². The molecule has 3 aromatic rings. The summed E-state index contributed by atoms with van der Waals surface area (Å²) in [5.74, 6) is 1.19. The van der Waals surface area contributed by atoms with Crippen LogP contribution in [0.25, 0.3) is 0 Å². The molecule has 1 fully saturated rings. The number of methoxy groups -OCH3 is 1. The van der Waals surface area contributed by atoms with Gasteiger partial charge in [0.05, 0.1) is 19.2 Å². The van der Waals surface area contributed by atoms with Gasteiger partial charge in [-0.1, -0.05) is 42.4 Å². The van der Waals surface area contributed by atoms with Crippen LogP contribution < -0.4 is 4.74 Å². The Morgan fingerprint density at radius 3 is 2.63 bits per heavy atom. The molecular weight excluding hydrogens is 440 g/mol. The van der Waals surface area contributed by atoms with E-state index in [2.05, 4.69) is 35.2 Å². The van der Waals surface area contributed by atoms with E-state index in [-0.39, 0.29) is 24.4 Å². The van der Waals surface area contributed by atoms with Gasteiger partial charge in [0.25, 0.3) is 0 Å². The van der Waals surface area contributed by atoms with Gasteiger partial charge in [-0.25, -0.2) is 0 Å². The van der Waals surface area contributed by atoms with E-state index in [0.717, 1.165) is 36.6 Å². The van der Waals surface area contributed by atoms with Crippen LogP contribution in [0, 0.1) is 5.92 Å². The Bertz CT molecular complexity index is 1120. The molecule has 0 amide bonds. The van der Waals surface area contributed by atoms with Crippen molar-refractivity contribution in [2.45, 2.75) is 57.6 Å². The smallest absolute Gasteiger partial charge is 0.306 e. The lowest BCUT2D eigenvalue weighted by molar-refractivity contribution is -0.140. The number of piperidine rings is 1. The zero-order chi connectivity index (χ0) is 24.2. The van der Waals surface area contributed by atoms with Crippen molar-refractivity contribution in [1.29, 1.82) is 0 Å². The van der Waals surface area contributed by atoms with E-state index in [9.17, 15) is 4.79 Å². The van der Waals surface area contributed by atoms with E-state index in [1.807, 2.05) is 24.3 Å². The van der Waals surface area contributed by atoms with Crippen LogP contribution in [0.15, 0.2) is 59.3 Å². The molecule has 5 rings (SSSR count). The number of nitrogens with zero attached hydrogens (tertiary/aromatic N) is 2. The Morgan fingerprint density at radius 1 is 1.11 bits per heavy atom. The van der Waals surface area contributed by atoms with Crippen molar-refractivity contribution in [3.63, 3.8) is 0 Å². The highest BCUT2D eigenvalue weighted by molar-refractivity contribution is 5.71. The van der Waals surface area contributed by atoms with Crippen LogP contribution in [-0.4, -0.2) is 36.2 Å². The Morgan fingerprint density at radius 2 is 1.91 bits per heavy atom. The third-order valence-electron chi connectivity index (χ3n) is 7.49. The third-order valence-corrected chi connectivity index (χ3v) is 7.49. The molecule has 184 valence electrons. The molecule has 0 bridgehead atoms. The zero-order valence-electron chi connectivity index (χ0n) is 20.6. The quantitative estimate of drug-likeness (QED) is 0.392. The molecule has 2 aromatic carbocycles. The maximum Gasteiger partial charge on any atom is 0.306 e. The van der Waals surface area contributed by atoms with Crippen molar-refractivity contribution in [2.75, 3.05) is 20.2 Å². The number of aryl methyl sites for hydroxylation is 1. The monoisotopic (exact) mass is 474 g/mol. The number of hydrogen-bond donors (Lipinski definition) is 0. The molecule has 0 unspecified atom stereocenters. The van der Waals surface area contributed by atoms with Crippen LogP contribution in [0.3, 0.4) is 0 Å². The van der Waals surface area contributed by atoms with Gasteiger partial charge in [-0.15, -0.1) is 0 Å². The summed E-state index contributed by atoms with van der Waals surface area (Å²) in [7, 11) is 1.40. The standard InChI is InChI=1S/C29H34N2O4/c1-20-11-14-31(15-12-20)19-21-3-9-25-23(17-21)6-10-28(25)35-24-7-4-22(5-8-24)26(18-29(32)33-2)27-13-16-34-30-27/h3-5,7-9,13,16-17,20,26,28H,6,10-12,14-15,18-19H2,1-2H3/t26-,28+/m0/s1. The van der Waals surface area contributed by atoms with E-state index < -0.39 is 0 Å². The predicted molar refractivity (Wildman–Crippen MR) is 133 cm³/mol. The van der Waals surface area contributed by atoms with Crippen molar-refractivity contribution in [1.82, 2.24) is 10.1 Å². The number of likely N-dealkylation sites (tertiary alicyclic amines) is 1. The minimum Gasteiger partial charge on any atom is -0.486 e. The van der Waals surface area contributed by atoms with Crippen molar-refractivity contribution in [3.05, 3.63) is 82.7 Å². The Hall–Kier alpha value is -3.12. The highest BCUT2D eigenvalue weighted by Gasteiger charge is 2.26. The maximum absolute atomic E-state index is 11.9. The molecule has 2 heterocycles. The van der Waals surface area contributed by atoms with Crippen LogP contribution >= 0.6 is 0 Å². The maximum atomic E-state index is 11.9. The molecule has 1 aliphatic heterocycles. The van der Waals surface area contributed by atoms with E-state index in [0.29, 0.717) is 5.69 Å². The molecule has 6 nitrogen and oxygen atoms in total. The van der Waals surface area contributed by atoms with Gasteiger partial charge in [-0.3, -0.25) is 9.69 Å². The minimum absolute atomic E-state index is 0.0714. The number of carbonyl (C=O) groups excluding carboxylic acids is 1. The highest BCUT2D eigenvalue weighted by Crippen LogP contribution is 2.37. The van der Waals surface area contributed by atoms with Gasteiger partial charge in [0.2, 0.25) is 0 Å². The van der Waals surface area contributed by atoms with Gasteiger partial charge >= 0.3 is 5.97 Å². The molecule has 0 radical (unpaired) electrons. The molecule has 0 N–H and O–H groups in total. The topological polar surface area (TPSA) is 64.8 Å². The van der Waals surface area contributed by atoms with Crippen molar-refractivity contribution in [2.24, 2.45) is 5.92 Å². The average molecular weight is 475 g/mol. The van der Waals surface area contributed by atoms with Gasteiger partial charge in [0.15, 0.2) is 0 Å². The number of aromatic nitrogens is 1. The first kappa shape index (κ1) is 23.6. The third kappa shape index (κ3) is 5.59. The SMILES string of the molecule is COC(=O)C[C@@H](c1ccc(O[C@@H]2CCc3cc(CN4CCC(C)CC4)ccc32)cc1)c1ccon1. The van der Waals surface area contributed by atoms with Crippen LogP contribution in [0.2, 0.25) is 0 Å². The van der Waals surface area contributed by atoms with Crippen molar-refractivity contribution in [3.8, 4) is 5.75 Å². The number of rotatable bonds is 8. The first-order valence-electron chi connectivity index (χ1n) is 12.7. The van der Waals surface area contributed by atoms with Gasteiger partial charge in [0, 0.05) is 18.5 Å². The van der Waals surface area contributed by atoms with Crippen LogP contribution in [0.4, 0.5) is 0 Å². The molecule has 2 aliphatic rings. The molecule has 35 heavy (non-hydrogen) atoms. The molecule has 1 saturated heterocycles. The lowest BCUT2D eigenvalue weighted by atomic mass is 9.92. The van der Waals surface area contributed by atoms with Crippen molar-refractivity contribution < 1.29 is 18.8 Å². The van der Waals surface area contributed by atoms with Gasteiger partial charge in [-0.05, 0) is 79.1 Å². The van der Waals surface area contributed by atoms with E-state index in [1.54, 1.807) is 6.07 Å². The second kappa shape index (κ2) is 10.6. The molecule has 1 aliphatic carbocycles. The lowest BCUT2D eigenvalue weighted by Gasteiger charge is -2.30. The molecule has 0 saturated carbocycles. The van der Waals surface area contributed by atoms with Crippen molar-refractivity contribution >= 4 is 5.97 Å². The summed E-state index contributed by atoms with van der Waals surface area (Å²) in [6.07, 6.45) is 6.46. The molecule has 2 atom stereocenters. The number of ether oxygens (including phenoxy) is 2. The molecule has 1 aromatic heterocycles. The fourth-order valence-corrected chi connectivity index (χ4v) is 5.32. The van der Waals surface area contributed by atoms with Crippen LogP contribution in [-0.2, 0) is 22.5 Å². The second-order valence-corrected chi connectivity index (χ2v) is 9.96. The number of hydrogen-bond acceptors (Lipinski definition) is 6. The van der Waals surface area contributed by atoms with E-state index >= 15 is 0 Å². The number of benzene rings is 2. The van der Waals surface area contributed by atoms with Gasteiger partial charge in [0.1, 0.15) is 18.1 Å². The first-order valence-corrected chi connectivity index (χ1v) is 12.7. The molecule has 6 heteroatoms. The number of fused-ring (bicyclic) bond motifs is 1. The highest BCUT2D eigenvalue weighted by atomic mass is 16.5. The Labute approximate surface area is 207 Å². The Balaban J connectivity index is 1.24. The first-order chi connectivity index (χ1) is 17.1. The molecular formula is C29H34N2O4. The summed E-state index contributed by atoms with van der Waals surface area (Å²) in [5, 5.41) is 4.04. The number of carbonyl (C=O) groups is 1. The summed E-state index contributed by atoms with van der Waals surface area (Å²) < 4.78 is 16.3. The summed E-state index contributed by atoms with van der Waals surface area (Å²) in [6, 6.07) is 16.7. The van der Waals surface area contributed by atoms with E-state index in [4.69, 9.17) is 14.0 Å². The van der Waals surface area contributed by atoms with Gasteiger partial charge in [-0.2, -0.15) is 0 Å². The zero-order valence-corrected chi connectivity index (χ0v) is 20.6. The largest absolute Gasteiger partial charge is 0.486 e. The Kier molecular flexibility index (Phi) is 7.19. The average Bonchev–Trinajstić information content (AvgIpc) is 3.55. The van der Waals surface area contributed by atoms with Gasteiger partial charge < -0.3 is 14.0 Å². The van der Waals surface area contributed by atoms with Crippen LogP contribution in [0.5, 0.6) is 5.75 Å². The lowest BCUT2D eigenvalue weighted by Crippen LogP contribution is -2.32. The second-order valence-electron chi connectivity index (χ2n) is 9.96. The normalized spacial score (nSPS) is 19.3. The number of esters is 1. The summed E-state index contributed by atoms with van der Waals surface area (Å²) in [5.41, 5.74) is 5.81. The van der Waals surface area contributed by atoms with E-state index in [1.165, 1.54) is 56.0 Å². The molecule has 0 spiro atoms. The summed E-state index contributed by atoms with van der Waals surface area (Å²) in [6.45, 7) is 5.82. The summed E-state index contributed by atoms with van der Waals surface area (Å²) in [4.78, 5) is 14.5.